The van der Waals surface area contributed by atoms with Crippen LogP contribution in [-0.2, 0) is 14.3 Å². The second-order valence-electron chi connectivity index (χ2n) is 7.00. The number of nitrogens with one attached hydrogen (secondary N) is 1. The fourth-order valence-electron chi connectivity index (χ4n) is 3.48. The Morgan fingerprint density at radius 1 is 1.23 bits per heavy atom. The van der Waals surface area contributed by atoms with E-state index in [-0.39, 0.29) is 23.6 Å². The summed E-state index contributed by atoms with van der Waals surface area (Å²) in [6, 6.07) is -0.633. The van der Waals surface area contributed by atoms with Crippen LogP contribution in [-0.4, -0.2) is 49.2 Å². The third kappa shape index (κ3) is 5.48. The summed E-state index contributed by atoms with van der Waals surface area (Å²) in [6.07, 6.45) is 6.41. The molecule has 10 nitrogen and oxygen atoms in total. The van der Waals surface area contributed by atoms with Crippen molar-refractivity contribution < 1.29 is 14.3 Å². The molecule has 1 aliphatic rings. The number of nitrogen functional groups attached to an aromatic ring is 1. The van der Waals surface area contributed by atoms with Gasteiger partial charge in [-0.3, -0.25) is 19.5 Å². The molecule has 2 heterocycles. The molecule has 0 bridgehead atoms. The maximum Gasteiger partial charge on any atom is 0.316 e. The fraction of sp³-hybridized carbons (Fsp3) is 0.667. The highest BCUT2D eigenvalue weighted by atomic mass is 32.2. The van der Waals surface area contributed by atoms with Gasteiger partial charge in [0.15, 0.2) is 5.16 Å². The van der Waals surface area contributed by atoms with E-state index in [0.29, 0.717) is 29.2 Å². The number of rotatable bonds is 9. The Balaban J connectivity index is 1.68. The molecule has 1 atom stereocenters. The summed E-state index contributed by atoms with van der Waals surface area (Å²) < 4.78 is 6.48. The predicted octanol–water partition coefficient (Wildman–Crippen LogP) is 3.00. The number of carbonyl (C=O) groups excluding carboxylic acids is 2. The zero-order valence-electron chi connectivity index (χ0n) is 17.2. The van der Waals surface area contributed by atoms with Gasteiger partial charge in [0.25, 0.3) is 0 Å². The quantitative estimate of drug-likeness (QED) is 0.433. The van der Waals surface area contributed by atoms with Crippen LogP contribution in [0.2, 0.25) is 0 Å². The van der Waals surface area contributed by atoms with Crippen molar-refractivity contribution in [2.45, 2.75) is 69.5 Å². The number of nitrogens with zero attached hydrogens (tertiary/aromatic N) is 5. The Morgan fingerprint density at radius 2 is 2.00 bits per heavy atom. The zero-order valence-corrected chi connectivity index (χ0v) is 18.8. The van der Waals surface area contributed by atoms with Crippen molar-refractivity contribution >= 4 is 46.1 Å². The van der Waals surface area contributed by atoms with Gasteiger partial charge in [0, 0.05) is 5.92 Å². The van der Waals surface area contributed by atoms with E-state index in [9.17, 15) is 9.59 Å². The van der Waals surface area contributed by atoms with E-state index in [4.69, 9.17) is 10.5 Å². The maximum atomic E-state index is 13.0. The molecule has 12 heteroatoms. The first kappa shape index (κ1) is 22.5. The molecule has 1 unspecified atom stereocenters. The van der Waals surface area contributed by atoms with Gasteiger partial charge in [-0.05, 0) is 26.2 Å². The molecule has 1 fully saturated rings. The number of thioether (sulfide) groups is 1. The molecule has 1 aliphatic carbocycles. The van der Waals surface area contributed by atoms with Gasteiger partial charge in [-0.25, -0.2) is 0 Å². The van der Waals surface area contributed by atoms with Crippen molar-refractivity contribution in [1.29, 1.82) is 0 Å². The monoisotopic (exact) mass is 453 g/mol. The Kier molecular flexibility index (Phi) is 8.02. The van der Waals surface area contributed by atoms with Gasteiger partial charge in [-0.2, -0.15) is 0 Å². The number of nitrogens with two attached hydrogens (primary N) is 1. The predicted molar refractivity (Wildman–Crippen MR) is 115 cm³/mol. The normalized spacial score (nSPS) is 15.7. The van der Waals surface area contributed by atoms with E-state index in [1.165, 1.54) is 30.6 Å². The summed E-state index contributed by atoms with van der Waals surface area (Å²) in [4.78, 5) is 24.6. The molecule has 0 aliphatic heterocycles. The topological polar surface area (TPSA) is 138 Å². The third-order valence-electron chi connectivity index (χ3n) is 4.94. The molecule has 1 amide bonds. The van der Waals surface area contributed by atoms with Crippen LogP contribution in [0.5, 0.6) is 0 Å². The number of aromatic nitrogens is 5. The average Bonchev–Trinajstić information content (AvgIpc) is 3.35. The van der Waals surface area contributed by atoms with Crippen LogP contribution in [0.4, 0.5) is 11.1 Å². The first-order valence-electron chi connectivity index (χ1n) is 10.2. The molecule has 30 heavy (non-hydrogen) atoms. The SMILES string of the molecule is CCOC(=O)CSc1nnc(N)n1C(CC)C(=O)Nc1nnc(C2CCCCC2)s1. The van der Waals surface area contributed by atoms with Crippen LogP contribution >= 0.6 is 23.1 Å². The highest BCUT2D eigenvalue weighted by molar-refractivity contribution is 7.99. The minimum atomic E-state index is -0.633. The number of carbonyl (C=O) groups is 2. The number of hydrogen-bond acceptors (Lipinski definition) is 10. The van der Waals surface area contributed by atoms with Crippen LogP contribution in [0.3, 0.4) is 0 Å². The molecular weight excluding hydrogens is 426 g/mol. The summed E-state index contributed by atoms with van der Waals surface area (Å²) in [5, 5.41) is 21.0. The van der Waals surface area contributed by atoms with Crippen molar-refractivity contribution in [3.05, 3.63) is 5.01 Å². The lowest BCUT2D eigenvalue weighted by Gasteiger charge is -2.18. The second kappa shape index (κ2) is 10.7. The largest absolute Gasteiger partial charge is 0.465 e. The number of anilines is 2. The summed E-state index contributed by atoms with van der Waals surface area (Å²) in [5.74, 6) is -0.0251. The Bertz CT molecular complexity index is 864. The van der Waals surface area contributed by atoms with Crippen molar-refractivity contribution in [2.24, 2.45) is 0 Å². The summed E-state index contributed by atoms with van der Waals surface area (Å²) in [5.41, 5.74) is 5.97. The van der Waals surface area contributed by atoms with E-state index in [0.717, 1.165) is 29.6 Å². The molecular formula is C18H27N7O3S2. The molecule has 0 spiro atoms. The number of ether oxygens (including phenoxy) is 1. The first-order chi connectivity index (χ1) is 14.5. The van der Waals surface area contributed by atoms with Crippen molar-refractivity contribution in [3.8, 4) is 0 Å². The van der Waals surface area contributed by atoms with Gasteiger partial charge >= 0.3 is 5.97 Å². The van der Waals surface area contributed by atoms with E-state index < -0.39 is 6.04 Å². The van der Waals surface area contributed by atoms with Gasteiger partial charge in [0.1, 0.15) is 11.0 Å². The third-order valence-corrected chi connectivity index (χ3v) is 6.86. The highest BCUT2D eigenvalue weighted by Gasteiger charge is 2.27. The zero-order chi connectivity index (χ0) is 21.5. The molecule has 2 aromatic rings. The number of amides is 1. The molecule has 2 aromatic heterocycles. The lowest BCUT2D eigenvalue weighted by Crippen LogP contribution is -2.27. The average molecular weight is 454 g/mol. The fourth-order valence-corrected chi connectivity index (χ4v) is 5.18. The lowest BCUT2D eigenvalue weighted by molar-refractivity contribution is -0.139. The lowest BCUT2D eigenvalue weighted by atomic mass is 9.90. The molecule has 0 saturated heterocycles. The summed E-state index contributed by atoms with van der Waals surface area (Å²) in [7, 11) is 0. The van der Waals surface area contributed by atoms with Gasteiger partial charge < -0.3 is 10.5 Å². The number of hydrogen-bond donors (Lipinski definition) is 2. The van der Waals surface area contributed by atoms with E-state index in [2.05, 4.69) is 25.7 Å². The van der Waals surface area contributed by atoms with Crippen molar-refractivity contribution in [3.63, 3.8) is 0 Å². The van der Waals surface area contributed by atoms with Gasteiger partial charge in [-0.15, -0.1) is 20.4 Å². The highest BCUT2D eigenvalue weighted by Crippen LogP contribution is 2.35. The second-order valence-corrected chi connectivity index (χ2v) is 8.95. The first-order valence-corrected chi connectivity index (χ1v) is 12.0. The molecule has 164 valence electrons. The van der Waals surface area contributed by atoms with Crippen LogP contribution in [0.1, 0.15) is 69.3 Å². The number of esters is 1. The van der Waals surface area contributed by atoms with Gasteiger partial charge in [0.05, 0.1) is 12.4 Å². The molecule has 0 radical (unpaired) electrons. The standard InChI is InChI=1S/C18H27N7O3S2/c1-3-12(25-16(19)22-24-18(25)29-10-13(26)28-4-2)14(27)20-17-23-21-15(30-17)11-8-6-5-7-9-11/h11-12H,3-10H2,1-2H3,(H2,19,22)(H,20,23,27). The molecule has 3 N–H and O–H groups in total. The van der Waals surface area contributed by atoms with Gasteiger partial charge in [0.2, 0.25) is 17.0 Å². The summed E-state index contributed by atoms with van der Waals surface area (Å²) in [6.45, 7) is 3.92. The Morgan fingerprint density at radius 3 is 2.70 bits per heavy atom. The minimum Gasteiger partial charge on any atom is -0.465 e. The van der Waals surface area contributed by atoms with Crippen molar-refractivity contribution in [1.82, 2.24) is 25.0 Å². The molecule has 0 aromatic carbocycles. The van der Waals surface area contributed by atoms with E-state index in [1.807, 2.05) is 6.92 Å². The Labute approximate surface area is 183 Å². The van der Waals surface area contributed by atoms with E-state index >= 15 is 0 Å². The molecule has 3 rings (SSSR count). The van der Waals surface area contributed by atoms with Gasteiger partial charge in [-0.1, -0.05) is 49.3 Å². The van der Waals surface area contributed by atoms with Crippen LogP contribution in [0, 0.1) is 0 Å². The minimum absolute atomic E-state index is 0.0607. The maximum absolute atomic E-state index is 13.0. The van der Waals surface area contributed by atoms with Crippen LogP contribution in [0.15, 0.2) is 5.16 Å². The summed E-state index contributed by atoms with van der Waals surface area (Å²) >= 11 is 2.56. The smallest absolute Gasteiger partial charge is 0.316 e. The molecule has 1 saturated carbocycles. The van der Waals surface area contributed by atoms with Crippen molar-refractivity contribution in [2.75, 3.05) is 23.4 Å². The van der Waals surface area contributed by atoms with Crippen LogP contribution < -0.4 is 11.1 Å². The van der Waals surface area contributed by atoms with Crippen LogP contribution in [0.25, 0.3) is 0 Å². The van der Waals surface area contributed by atoms with E-state index in [1.54, 1.807) is 11.5 Å². The Hall–Kier alpha value is -2.21.